The van der Waals surface area contributed by atoms with Crippen molar-refractivity contribution in [2.24, 2.45) is 0 Å². The highest BCUT2D eigenvalue weighted by Crippen LogP contribution is 2.51. The topological polar surface area (TPSA) is 62.8 Å². The van der Waals surface area contributed by atoms with E-state index in [-0.39, 0.29) is 17.5 Å². The minimum absolute atomic E-state index is 0.0444. The molecule has 2 fully saturated rings. The Morgan fingerprint density at radius 3 is 2.36 bits per heavy atom. The molecule has 1 saturated carbocycles. The van der Waals surface area contributed by atoms with E-state index in [1.807, 2.05) is 6.07 Å². The number of nitrogens with one attached hydrogen (secondary N) is 2. The van der Waals surface area contributed by atoms with Crippen LogP contribution in [0.25, 0.3) is 0 Å². The molecular formula is C27H34F3N3O3. The Bertz CT molecular complexity index is 1070. The monoisotopic (exact) mass is 505 g/mol. The maximum Gasteiger partial charge on any atom is 0.416 e. The number of alkyl halides is 3. The summed E-state index contributed by atoms with van der Waals surface area (Å²) in [4.78, 5) is 15.2. The first-order chi connectivity index (χ1) is 17.1. The number of urea groups is 1. The van der Waals surface area contributed by atoms with Gasteiger partial charge in [0.15, 0.2) is 11.5 Å². The lowest BCUT2D eigenvalue weighted by Gasteiger charge is -2.46. The van der Waals surface area contributed by atoms with Gasteiger partial charge in [-0.15, -0.1) is 0 Å². The minimum Gasteiger partial charge on any atom is -0.493 e. The number of benzene rings is 2. The summed E-state index contributed by atoms with van der Waals surface area (Å²) < 4.78 is 49.4. The third-order valence-electron chi connectivity index (χ3n) is 7.73. The van der Waals surface area contributed by atoms with Crippen LogP contribution in [0.1, 0.15) is 50.7 Å². The van der Waals surface area contributed by atoms with Gasteiger partial charge in [0.1, 0.15) is 0 Å². The summed E-state index contributed by atoms with van der Waals surface area (Å²) in [6.07, 6.45) is -0.894. The number of fused-ring (bicyclic) bond motifs is 1. The molecule has 6 nitrogen and oxygen atoms in total. The summed E-state index contributed by atoms with van der Waals surface area (Å²) in [5.74, 6) is 1.41. The Balaban J connectivity index is 1.49. The van der Waals surface area contributed by atoms with Crippen LogP contribution in [0, 0.1) is 0 Å². The van der Waals surface area contributed by atoms with Crippen LogP contribution in [0.2, 0.25) is 0 Å². The van der Waals surface area contributed by atoms with Gasteiger partial charge in [0, 0.05) is 29.2 Å². The second-order valence-corrected chi connectivity index (χ2v) is 9.97. The Labute approximate surface area is 210 Å². The minimum atomic E-state index is -4.41. The van der Waals surface area contributed by atoms with Crippen molar-refractivity contribution < 1.29 is 27.4 Å². The second kappa shape index (κ2) is 10.2. The maximum atomic E-state index is 12.8. The fourth-order valence-electron chi connectivity index (χ4n) is 5.91. The lowest BCUT2D eigenvalue weighted by molar-refractivity contribution is -0.137. The van der Waals surface area contributed by atoms with E-state index in [0.29, 0.717) is 23.2 Å². The molecule has 2 aromatic carbocycles. The molecule has 0 unspecified atom stereocenters. The molecule has 196 valence electrons. The standard InChI is InChI=1S/C27H34F3N3O3/c1-17(2)33-14-13-26(19-7-10-22(35-3)23(15-19)36-4)12-11-21(16-24(26)33)32-25(34)31-20-8-5-18(6-9-20)27(28,29)30/h5-10,15,17,21,24H,11-14,16H2,1-4H3,(H2,31,32,34)/t21-,24+,26+/m1/s1. The van der Waals surface area contributed by atoms with Crippen LogP contribution in [0.5, 0.6) is 11.5 Å². The Kier molecular flexibility index (Phi) is 7.41. The highest BCUT2D eigenvalue weighted by atomic mass is 19.4. The second-order valence-electron chi connectivity index (χ2n) is 9.97. The molecule has 1 aliphatic carbocycles. The fourth-order valence-corrected chi connectivity index (χ4v) is 5.91. The normalized spacial score (nSPS) is 24.3. The number of carbonyl (C=O) groups is 1. The average Bonchev–Trinajstić information content (AvgIpc) is 3.23. The lowest BCUT2D eigenvalue weighted by atomic mass is 9.65. The van der Waals surface area contributed by atoms with Gasteiger partial charge in [-0.05, 0) is 88.0 Å². The SMILES string of the molecule is COc1ccc([C@@]23CC[C@@H](NC(=O)Nc4ccc(C(F)(F)F)cc4)C[C@@H]2N(C(C)C)CC3)cc1OC. The molecule has 2 aromatic rings. The van der Waals surface area contributed by atoms with E-state index in [4.69, 9.17) is 9.47 Å². The van der Waals surface area contributed by atoms with Gasteiger partial charge in [0.05, 0.1) is 19.8 Å². The number of nitrogens with zero attached hydrogens (tertiary/aromatic N) is 1. The van der Waals surface area contributed by atoms with Crippen molar-refractivity contribution in [3.8, 4) is 11.5 Å². The zero-order valence-corrected chi connectivity index (χ0v) is 21.1. The van der Waals surface area contributed by atoms with Crippen LogP contribution in [0.3, 0.4) is 0 Å². The van der Waals surface area contributed by atoms with E-state index >= 15 is 0 Å². The van der Waals surface area contributed by atoms with Gasteiger partial charge in [-0.1, -0.05) is 6.07 Å². The molecule has 2 amide bonds. The van der Waals surface area contributed by atoms with Crippen molar-refractivity contribution in [3.63, 3.8) is 0 Å². The molecule has 1 saturated heterocycles. The van der Waals surface area contributed by atoms with Crippen molar-refractivity contribution >= 4 is 11.7 Å². The summed E-state index contributed by atoms with van der Waals surface area (Å²) in [6, 6.07) is 10.8. The number of hydrogen-bond acceptors (Lipinski definition) is 4. The number of ether oxygens (including phenoxy) is 2. The predicted molar refractivity (Wildman–Crippen MR) is 133 cm³/mol. The molecular weight excluding hydrogens is 471 g/mol. The molecule has 9 heteroatoms. The van der Waals surface area contributed by atoms with Crippen LogP contribution >= 0.6 is 0 Å². The quantitative estimate of drug-likeness (QED) is 0.520. The zero-order valence-electron chi connectivity index (χ0n) is 21.1. The Hall–Kier alpha value is -2.94. The molecule has 1 aliphatic heterocycles. The fraction of sp³-hybridized carbons (Fsp3) is 0.519. The van der Waals surface area contributed by atoms with Gasteiger partial charge in [-0.3, -0.25) is 4.90 Å². The number of likely N-dealkylation sites (tertiary alicyclic amines) is 1. The molecule has 0 bridgehead atoms. The molecule has 2 N–H and O–H groups in total. The first kappa shape index (κ1) is 26.1. The van der Waals surface area contributed by atoms with Crippen molar-refractivity contribution in [2.75, 3.05) is 26.1 Å². The summed E-state index contributed by atoms with van der Waals surface area (Å²) in [6.45, 7) is 5.36. The number of anilines is 1. The van der Waals surface area contributed by atoms with Gasteiger partial charge >= 0.3 is 12.2 Å². The van der Waals surface area contributed by atoms with E-state index < -0.39 is 17.8 Å². The van der Waals surface area contributed by atoms with E-state index in [1.54, 1.807) is 14.2 Å². The van der Waals surface area contributed by atoms with Gasteiger partial charge in [0.2, 0.25) is 0 Å². The molecule has 0 spiro atoms. The molecule has 3 atom stereocenters. The van der Waals surface area contributed by atoms with Crippen LogP contribution < -0.4 is 20.1 Å². The van der Waals surface area contributed by atoms with Crippen molar-refractivity contribution in [1.82, 2.24) is 10.2 Å². The molecule has 2 aliphatic rings. The zero-order chi connectivity index (χ0) is 26.1. The van der Waals surface area contributed by atoms with Crippen LogP contribution in [0.15, 0.2) is 42.5 Å². The van der Waals surface area contributed by atoms with Gasteiger partial charge in [-0.2, -0.15) is 13.2 Å². The lowest BCUT2D eigenvalue weighted by Crippen LogP contribution is -2.54. The summed E-state index contributed by atoms with van der Waals surface area (Å²) >= 11 is 0. The Morgan fingerprint density at radius 1 is 1.06 bits per heavy atom. The summed E-state index contributed by atoms with van der Waals surface area (Å²) in [5.41, 5.74) is 0.746. The van der Waals surface area contributed by atoms with Gasteiger partial charge < -0.3 is 20.1 Å². The summed E-state index contributed by atoms with van der Waals surface area (Å²) in [5, 5.41) is 5.72. The molecule has 1 heterocycles. The van der Waals surface area contributed by atoms with E-state index in [9.17, 15) is 18.0 Å². The third kappa shape index (κ3) is 5.12. The maximum absolute atomic E-state index is 12.8. The summed E-state index contributed by atoms with van der Waals surface area (Å²) in [7, 11) is 3.27. The van der Waals surface area contributed by atoms with E-state index in [2.05, 4.69) is 41.5 Å². The van der Waals surface area contributed by atoms with Crippen molar-refractivity contribution in [2.45, 2.75) is 69.2 Å². The first-order valence-corrected chi connectivity index (χ1v) is 12.3. The Morgan fingerprint density at radius 2 is 1.75 bits per heavy atom. The van der Waals surface area contributed by atoms with Crippen LogP contribution in [0.4, 0.5) is 23.7 Å². The molecule has 4 rings (SSSR count). The smallest absolute Gasteiger partial charge is 0.416 e. The number of hydrogen-bond donors (Lipinski definition) is 2. The van der Waals surface area contributed by atoms with Crippen LogP contribution in [-0.2, 0) is 11.6 Å². The number of halogens is 3. The van der Waals surface area contributed by atoms with Crippen molar-refractivity contribution in [1.29, 1.82) is 0 Å². The number of carbonyl (C=O) groups excluding carboxylic acids is 1. The highest BCUT2D eigenvalue weighted by Gasteiger charge is 2.52. The number of amides is 2. The number of methoxy groups -OCH3 is 2. The van der Waals surface area contributed by atoms with Crippen LogP contribution in [-0.4, -0.2) is 49.8 Å². The predicted octanol–water partition coefficient (Wildman–Crippen LogP) is 5.82. The molecule has 0 aromatic heterocycles. The first-order valence-electron chi connectivity index (χ1n) is 12.3. The highest BCUT2D eigenvalue weighted by molar-refractivity contribution is 5.89. The van der Waals surface area contributed by atoms with Crippen molar-refractivity contribution in [3.05, 3.63) is 53.6 Å². The third-order valence-corrected chi connectivity index (χ3v) is 7.73. The molecule has 36 heavy (non-hydrogen) atoms. The average molecular weight is 506 g/mol. The van der Waals surface area contributed by atoms with E-state index in [0.717, 1.165) is 44.4 Å². The van der Waals surface area contributed by atoms with Gasteiger partial charge in [0.25, 0.3) is 0 Å². The van der Waals surface area contributed by atoms with E-state index in [1.165, 1.54) is 17.7 Å². The largest absolute Gasteiger partial charge is 0.493 e. The number of rotatable bonds is 6. The van der Waals surface area contributed by atoms with Gasteiger partial charge in [-0.25, -0.2) is 4.79 Å². The molecule has 0 radical (unpaired) electrons.